The molecule has 0 fully saturated rings. The lowest BCUT2D eigenvalue weighted by Crippen LogP contribution is -1.94. The summed E-state index contributed by atoms with van der Waals surface area (Å²) in [5.74, 6) is 0.512. The van der Waals surface area contributed by atoms with E-state index in [2.05, 4.69) is 19.1 Å². The molecule has 0 aliphatic heterocycles. The van der Waals surface area contributed by atoms with E-state index in [4.69, 9.17) is 0 Å². The summed E-state index contributed by atoms with van der Waals surface area (Å²) in [4.78, 5) is 9.97. The largest absolute Gasteiger partial charge is 0.291 e. The third kappa shape index (κ3) is 7.31. The van der Waals surface area contributed by atoms with Gasteiger partial charge in [-0.3, -0.25) is 4.79 Å². The van der Waals surface area contributed by atoms with Crippen LogP contribution in [0, 0.1) is 5.92 Å². The van der Waals surface area contributed by atoms with E-state index in [1.54, 1.807) is 0 Å². The zero-order chi connectivity index (χ0) is 8.53. The summed E-state index contributed by atoms with van der Waals surface area (Å²) in [5, 5.41) is 0. The second-order valence-electron chi connectivity index (χ2n) is 2.95. The minimum absolute atomic E-state index is 0.512. The van der Waals surface area contributed by atoms with Crippen molar-refractivity contribution in [3.8, 4) is 0 Å². The Bertz CT molecular complexity index is 116. The maximum absolute atomic E-state index is 9.97. The zero-order valence-electron chi connectivity index (χ0n) is 7.47. The maximum Gasteiger partial charge on any atom is 0.198 e. The molecule has 1 atom stereocenters. The highest BCUT2D eigenvalue weighted by Crippen LogP contribution is 2.10. The first-order valence-corrected chi connectivity index (χ1v) is 4.27. The molecule has 63 valence electrons. The highest BCUT2D eigenvalue weighted by molar-refractivity contribution is 5.50. The molecule has 0 aliphatic carbocycles. The third-order valence-corrected chi connectivity index (χ3v) is 1.74. The number of allylic oxidation sites excluding steroid dienone is 2. The minimum atomic E-state index is 0.512. The van der Waals surface area contributed by atoms with Gasteiger partial charge in [-0.2, -0.15) is 0 Å². The molecule has 0 aliphatic rings. The van der Waals surface area contributed by atoms with Crippen molar-refractivity contribution in [3.05, 3.63) is 12.2 Å². The second kappa shape index (κ2) is 7.52. The number of hydrogen-bond donors (Lipinski definition) is 0. The monoisotopic (exact) mass is 153 g/mol. The van der Waals surface area contributed by atoms with Gasteiger partial charge in [0, 0.05) is 6.42 Å². The Morgan fingerprint density at radius 1 is 1.55 bits per heavy atom. The Morgan fingerprint density at radius 2 is 2.27 bits per heavy atom. The van der Waals surface area contributed by atoms with E-state index in [-0.39, 0.29) is 0 Å². The minimum Gasteiger partial charge on any atom is -0.291 e. The van der Waals surface area contributed by atoms with Crippen LogP contribution in [0.25, 0.3) is 0 Å². The predicted molar refractivity (Wildman–Crippen MR) is 48.1 cm³/mol. The highest BCUT2D eigenvalue weighted by Gasteiger charge is 1.99. The Balaban J connectivity index is 3.16. The number of unbranched alkanes of at least 4 members (excludes halogenated alkanes) is 1. The average molecular weight is 153 g/mol. The van der Waals surface area contributed by atoms with Gasteiger partial charge in [0.05, 0.1) is 0 Å². The summed E-state index contributed by atoms with van der Waals surface area (Å²) < 4.78 is 0. The Hall–Kier alpha value is -0.590. The van der Waals surface area contributed by atoms with Crippen molar-refractivity contribution in [2.45, 2.75) is 39.5 Å². The van der Waals surface area contributed by atoms with Crippen LogP contribution in [0.15, 0.2) is 12.2 Å². The molecule has 0 amide bonds. The highest BCUT2D eigenvalue weighted by atomic mass is 16.1. The van der Waals surface area contributed by atoms with Crippen molar-refractivity contribution >= 4 is 6.29 Å². The summed E-state index contributed by atoms with van der Waals surface area (Å²) in [5.41, 5.74) is 0. The van der Waals surface area contributed by atoms with Crippen molar-refractivity contribution in [1.29, 1.82) is 0 Å². The van der Waals surface area contributed by atoms with Crippen LogP contribution in [0.5, 0.6) is 0 Å². The normalized spacial score (nSPS) is 13.6. The predicted octanol–water partition coefficient (Wildman–Crippen LogP) is 2.87. The summed E-state index contributed by atoms with van der Waals surface area (Å²) in [6, 6.07) is 0. The lowest BCUT2D eigenvalue weighted by Gasteiger charge is -2.03. The van der Waals surface area contributed by atoms with Crippen molar-refractivity contribution in [2.24, 2.45) is 5.92 Å². The molecule has 0 rings (SSSR count). The van der Waals surface area contributed by atoms with Gasteiger partial charge in [-0.05, 0) is 32.1 Å². The summed E-state index contributed by atoms with van der Waals surface area (Å²) in [7, 11) is 0. The van der Waals surface area contributed by atoms with Gasteiger partial charge < -0.3 is 0 Å². The number of hydrogen-bond acceptors (Lipinski definition) is 1. The lowest BCUT2D eigenvalue weighted by molar-refractivity contribution is 0.494. The van der Waals surface area contributed by atoms with Gasteiger partial charge in [0.1, 0.15) is 0 Å². The van der Waals surface area contributed by atoms with Gasteiger partial charge in [-0.25, -0.2) is 0 Å². The molecule has 0 heterocycles. The van der Waals surface area contributed by atoms with E-state index < -0.39 is 0 Å². The number of rotatable bonds is 6. The van der Waals surface area contributed by atoms with E-state index in [0.29, 0.717) is 12.3 Å². The Morgan fingerprint density at radius 3 is 2.82 bits per heavy atom. The molecular weight excluding hydrogens is 136 g/mol. The summed E-state index contributed by atoms with van der Waals surface area (Å²) in [6.45, 7) is 4.13. The first kappa shape index (κ1) is 10.4. The van der Waals surface area contributed by atoms with Crippen molar-refractivity contribution in [2.75, 3.05) is 0 Å². The van der Waals surface area contributed by atoms with E-state index in [1.807, 2.05) is 13.2 Å². The van der Waals surface area contributed by atoms with E-state index in [1.165, 1.54) is 6.42 Å². The molecule has 1 unspecified atom stereocenters. The average Bonchev–Trinajstić information content (AvgIpc) is 1.99. The Kier molecular flexibility index (Phi) is 7.11. The molecule has 0 aromatic rings. The van der Waals surface area contributed by atoms with Crippen molar-refractivity contribution in [3.63, 3.8) is 0 Å². The molecule has 11 heavy (non-hydrogen) atoms. The molecule has 0 spiro atoms. The van der Waals surface area contributed by atoms with Gasteiger partial charge in [-0.1, -0.05) is 19.1 Å². The molecule has 0 saturated carbocycles. The number of carbonyl (C=O) groups excluding carboxylic acids is 1. The quantitative estimate of drug-likeness (QED) is 0.423. The van der Waals surface area contributed by atoms with Gasteiger partial charge in [0.2, 0.25) is 0 Å². The molecule has 1 radical (unpaired) electrons. The van der Waals surface area contributed by atoms with Crippen LogP contribution in [-0.2, 0) is 4.79 Å². The van der Waals surface area contributed by atoms with Crippen LogP contribution < -0.4 is 0 Å². The zero-order valence-corrected chi connectivity index (χ0v) is 7.47. The molecular formula is C10H17O. The summed E-state index contributed by atoms with van der Waals surface area (Å²) in [6.07, 6.45) is 10.2. The van der Waals surface area contributed by atoms with Crippen LogP contribution >= 0.6 is 0 Å². The van der Waals surface area contributed by atoms with Crippen LogP contribution in [0.3, 0.4) is 0 Å². The van der Waals surface area contributed by atoms with E-state index in [9.17, 15) is 4.79 Å². The van der Waals surface area contributed by atoms with Gasteiger partial charge in [0.25, 0.3) is 0 Å². The molecule has 0 aromatic heterocycles. The SMILES string of the molecule is C/C=C/CCCC(C)C[C]=O. The van der Waals surface area contributed by atoms with Crippen LogP contribution in [0.2, 0.25) is 0 Å². The fourth-order valence-electron chi connectivity index (χ4n) is 0.995. The van der Waals surface area contributed by atoms with Crippen molar-refractivity contribution < 1.29 is 4.79 Å². The smallest absolute Gasteiger partial charge is 0.198 e. The molecule has 0 bridgehead atoms. The third-order valence-electron chi connectivity index (χ3n) is 1.74. The topological polar surface area (TPSA) is 17.1 Å². The molecule has 0 N–H and O–H groups in total. The van der Waals surface area contributed by atoms with Gasteiger partial charge in [0.15, 0.2) is 6.29 Å². The maximum atomic E-state index is 9.97. The van der Waals surface area contributed by atoms with E-state index >= 15 is 0 Å². The molecule has 1 nitrogen and oxygen atoms in total. The molecule has 1 heteroatoms. The van der Waals surface area contributed by atoms with E-state index in [0.717, 1.165) is 12.8 Å². The summed E-state index contributed by atoms with van der Waals surface area (Å²) >= 11 is 0. The van der Waals surface area contributed by atoms with Gasteiger partial charge in [-0.15, -0.1) is 0 Å². The standard InChI is InChI=1S/C10H17O/c1-3-4-5-6-7-10(2)8-9-11/h3-4,10H,5-8H2,1-2H3/b4-3+. The van der Waals surface area contributed by atoms with Crippen molar-refractivity contribution in [1.82, 2.24) is 0 Å². The molecule has 0 saturated heterocycles. The first-order valence-electron chi connectivity index (χ1n) is 4.27. The second-order valence-corrected chi connectivity index (χ2v) is 2.95. The van der Waals surface area contributed by atoms with Gasteiger partial charge >= 0.3 is 0 Å². The Labute approximate surface area is 69.5 Å². The first-order chi connectivity index (χ1) is 5.31. The van der Waals surface area contributed by atoms with Crippen LogP contribution in [0.1, 0.15) is 39.5 Å². The fraction of sp³-hybridized carbons (Fsp3) is 0.700. The molecule has 0 aromatic carbocycles. The lowest BCUT2D eigenvalue weighted by atomic mass is 10.0. The fourth-order valence-corrected chi connectivity index (χ4v) is 0.995. The van der Waals surface area contributed by atoms with Crippen LogP contribution in [-0.4, -0.2) is 6.29 Å². The van der Waals surface area contributed by atoms with Crippen LogP contribution in [0.4, 0.5) is 0 Å².